The van der Waals surface area contributed by atoms with Crippen molar-refractivity contribution in [2.45, 2.75) is 249 Å². The number of rotatable bonds is 18. The number of ether oxygens (including phenoxy) is 2. The highest BCUT2D eigenvalue weighted by molar-refractivity contribution is 5.58. The first-order valence-corrected chi connectivity index (χ1v) is 27.8. The third kappa shape index (κ3) is 14.8. The van der Waals surface area contributed by atoms with Crippen molar-refractivity contribution in [2.24, 2.45) is 11.8 Å². The average Bonchev–Trinajstić information content (AvgIpc) is 3.24. The van der Waals surface area contributed by atoms with E-state index in [0.717, 1.165) is 88.9 Å². The largest absolute Gasteiger partial charge is 0.493 e. The molecule has 0 fully saturated rings. The summed E-state index contributed by atoms with van der Waals surface area (Å²) in [4.78, 5) is 0. The summed E-state index contributed by atoms with van der Waals surface area (Å²) in [5.41, 5.74) is 19.9. The summed E-state index contributed by atoms with van der Waals surface area (Å²) in [6.07, 6.45) is 17.3. The summed E-state index contributed by atoms with van der Waals surface area (Å²) < 4.78 is 14.6. The molecular formula is C66H100O2. The van der Waals surface area contributed by atoms with Gasteiger partial charge in [-0.15, -0.1) is 0 Å². The maximum Gasteiger partial charge on any atom is 0.126 e. The third-order valence-electron chi connectivity index (χ3n) is 15.3. The number of unbranched alkanes of at least 4 members (excludes halogenated alkanes) is 6. The zero-order valence-electron chi connectivity index (χ0n) is 47.3. The van der Waals surface area contributed by atoms with Gasteiger partial charge < -0.3 is 9.47 Å². The van der Waals surface area contributed by atoms with E-state index >= 15 is 0 Å². The fourth-order valence-corrected chi connectivity index (χ4v) is 10.1. The molecule has 0 saturated heterocycles. The van der Waals surface area contributed by atoms with Gasteiger partial charge in [0.2, 0.25) is 0 Å². The van der Waals surface area contributed by atoms with Crippen LogP contribution in [0.2, 0.25) is 0 Å². The van der Waals surface area contributed by atoms with Gasteiger partial charge in [-0.25, -0.2) is 0 Å². The van der Waals surface area contributed by atoms with E-state index in [2.05, 4.69) is 173 Å². The van der Waals surface area contributed by atoms with E-state index in [-0.39, 0.29) is 21.7 Å². The molecule has 8 bridgehead atoms. The molecule has 0 heterocycles. The van der Waals surface area contributed by atoms with Crippen molar-refractivity contribution in [3.8, 4) is 11.5 Å². The van der Waals surface area contributed by atoms with Crippen LogP contribution in [-0.4, -0.2) is 13.2 Å². The molecule has 0 radical (unpaired) electrons. The second-order valence-corrected chi connectivity index (χ2v) is 25.8. The van der Waals surface area contributed by atoms with E-state index in [0.29, 0.717) is 11.8 Å². The standard InChI is InChI=1S/C66H100O2/c1-19-23-25-27-29-67-61-51-33-47-37-55(63(7,8)9)39-49(59(47)31-45(5)21-3)35-53-43-58(66(16,17)18)44-54(62(53)68-30-28-26-24-20-2)36-50-40-56(64(10,11)12)38-48(60(50)32-46(6)22-4)34-52(61)42-57(41-51)65(13,14)15/h37-46H,19-36H2,1-18H3/t45-,46-/m0/s1. The van der Waals surface area contributed by atoms with Gasteiger partial charge in [-0.3, -0.25) is 0 Å². The Labute approximate surface area is 419 Å². The summed E-state index contributed by atoms with van der Waals surface area (Å²) in [6.45, 7) is 44.6. The molecule has 0 unspecified atom stereocenters. The van der Waals surface area contributed by atoms with Gasteiger partial charge in [0, 0.05) is 25.7 Å². The SMILES string of the molecule is CCCCCCOc1c2cc(C(C)(C)C)cc1Cc1cc(C(C)(C)C)cc(c1C[C@@H](C)CC)Cc1cc(C(C)(C)C)cc(c1OCCCCCC)Cc1cc(C(C)(C)C)cc(c1C[C@@H](C)CC)C2. The summed E-state index contributed by atoms with van der Waals surface area (Å²) >= 11 is 0. The molecule has 2 heteroatoms. The van der Waals surface area contributed by atoms with E-state index in [1.165, 1.54) is 116 Å². The highest BCUT2D eigenvalue weighted by atomic mass is 16.5. The van der Waals surface area contributed by atoms with Crippen LogP contribution in [0.5, 0.6) is 11.5 Å². The Morgan fingerprint density at radius 1 is 0.368 bits per heavy atom. The Morgan fingerprint density at radius 2 is 0.618 bits per heavy atom. The second-order valence-electron chi connectivity index (χ2n) is 25.8. The number of benzene rings is 4. The van der Waals surface area contributed by atoms with Gasteiger partial charge in [-0.1, -0.05) is 225 Å². The van der Waals surface area contributed by atoms with Crippen molar-refractivity contribution in [1.29, 1.82) is 0 Å². The number of hydrogen-bond acceptors (Lipinski definition) is 2. The Kier molecular flexibility index (Phi) is 19.2. The summed E-state index contributed by atoms with van der Waals surface area (Å²) in [7, 11) is 0. The monoisotopic (exact) mass is 925 g/mol. The molecule has 0 amide bonds. The first-order chi connectivity index (χ1) is 31.9. The topological polar surface area (TPSA) is 18.5 Å². The first kappa shape index (κ1) is 55.4. The molecule has 0 N–H and O–H groups in total. The normalized spacial score (nSPS) is 14.5. The average molecular weight is 926 g/mol. The predicted molar refractivity (Wildman–Crippen MR) is 297 cm³/mol. The van der Waals surface area contributed by atoms with Crippen LogP contribution in [0, 0.1) is 11.8 Å². The van der Waals surface area contributed by atoms with Gasteiger partial charge in [0.25, 0.3) is 0 Å². The van der Waals surface area contributed by atoms with E-state index < -0.39 is 0 Å². The van der Waals surface area contributed by atoms with E-state index in [1.807, 2.05) is 0 Å². The van der Waals surface area contributed by atoms with Gasteiger partial charge in [0.1, 0.15) is 11.5 Å². The molecule has 4 aromatic rings. The molecule has 68 heavy (non-hydrogen) atoms. The van der Waals surface area contributed by atoms with Crippen molar-refractivity contribution in [3.05, 3.63) is 126 Å². The molecule has 0 spiro atoms. The molecule has 4 aromatic carbocycles. The van der Waals surface area contributed by atoms with Gasteiger partial charge >= 0.3 is 0 Å². The first-order valence-electron chi connectivity index (χ1n) is 27.8. The van der Waals surface area contributed by atoms with Crippen LogP contribution < -0.4 is 9.47 Å². The molecule has 1 aliphatic rings. The lowest BCUT2D eigenvalue weighted by Gasteiger charge is -2.30. The summed E-state index contributed by atoms with van der Waals surface area (Å²) in [6, 6.07) is 20.6. The zero-order valence-corrected chi connectivity index (χ0v) is 47.3. The molecule has 0 aromatic heterocycles. The summed E-state index contributed by atoms with van der Waals surface area (Å²) in [5, 5.41) is 0. The van der Waals surface area contributed by atoms with Gasteiger partial charge in [0.15, 0.2) is 0 Å². The minimum Gasteiger partial charge on any atom is -0.493 e. The van der Waals surface area contributed by atoms with Crippen LogP contribution in [0.15, 0.2) is 48.5 Å². The molecule has 2 nitrogen and oxygen atoms in total. The Balaban J connectivity index is 2.01. The van der Waals surface area contributed by atoms with Crippen LogP contribution in [0.3, 0.4) is 0 Å². The lowest BCUT2D eigenvalue weighted by molar-refractivity contribution is 0.299. The Morgan fingerprint density at radius 3 is 0.838 bits per heavy atom. The van der Waals surface area contributed by atoms with E-state index in [9.17, 15) is 0 Å². The Bertz CT molecular complexity index is 2000. The fourth-order valence-electron chi connectivity index (χ4n) is 10.1. The molecule has 2 atom stereocenters. The molecule has 1 aliphatic carbocycles. The molecule has 376 valence electrons. The minimum atomic E-state index is -0.0274. The van der Waals surface area contributed by atoms with Gasteiger partial charge in [0.05, 0.1) is 13.2 Å². The molecule has 5 rings (SSSR count). The fraction of sp³-hybridized carbons (Fsp3) is 0.636. The van der Waals surface area contributed by atoms with Crippen LogP contribution in [0.25, 0.3) is 0 Å². The van der Waals surface area contributed by atoms with Gasteiger partial charge in [-0.05, 0) is 137 Å². The number of fused-ring (bicyclic) bond motifs is 8. The van der Waals surface area contributed by atoms with Crippen LogP contribution in [-0.2, 0) is 60.2 Å². The quantitative estimate of drug-likeness (QED) is 0.0815. The lowest BCUT2D eigenvalue weighted by Crippen LogP contribution is -2.19. The second kappa shape index (κ2) is 23.6. The third-order valence-corrected chi connectivity index (χ3v) is 15.3. The molecule has 0 aliphatic heterocycles. The highest BCUT2D eigenvalue weighted by Gasteiger charge is 2.29. The van der Waals surface area contributed by atoms with Crippen molar-refractivity contribution >= 4 is 0 Å². The van der Waals surface area contributed by atoms with Crippen molar-refractivity contribution < 1.29 is 9.47 Å². The minimum absolute atomic E-state index is 0.0210. The maximum absolute atomic E-state index is 7.29. The van der Waals surface area contributed by atoms with Crippen LogP contribution >= 0.6 is 0 Å². The van der Waals surface area contributed by atoms with Crippen molar-refractivity contribution in [3.63, 3.8) is 0 Å². The zero-order chi connectivity index (χ0) is 50.2. The van der Waals surface area contributed by atoms with E-state index in [4.69, 9.17) is 9.47 Å². The molecule has 0 saturated carbocycles. The predicted octanol–water partition coefficient (Wildman–Crippen LogP) is 18.6. The van der Waals surface area contributed by atoms with Crippen LogP contribution in [0.1, 0.15) is 267 Å². The summed E-state index contributed by atoms with van der Waals surface area (Å²) in [5.74, 6) is 3.38. The maximum atomic E-state index is 7.29. The smallest absolute Gasteiger partial charge is 0.126 e. The van der Waals surface area contributed by atoms with Crippen LogP contribution in [0.4, 0.5) is 0 Å². The van der Waals surface area contributed by atoms with E-state index in [1.54, 1.807) is 0 Å². The Hall–Kier alpha value is -3.52. The van der Waals surface area contributed by atoms with Crippen molar-refractivity contribution in [1.82, 2.24) is 0 Å². The van der Waals surface area contributed by atoms with Crippen molar-refractivity contribution in [2.75, 3.05) is 13.2 Å². The van der Waals surface area contributed by atoms with Gasteiger partial charge in [-0.2, -0.15) is 0 Å². The number of hydrogen-bond donors (Lipinski definition) is 0. The highest BCUT2D eigenvalue weighted by Crippen LogP contribution is 2.43. The molecular weight excluding hydrogens is 825 g/mol. The lowest BCUT2D eigenvalue weighted by atomic mass is 9.76.